The van der Waals surface area contributed by atoms with Crippen LogP contribution in [0.25, 0.3) is 0 Å². The highest BCUT2D eigenvalue weighted by molar-refractivity contribution is 7.91. The summed E-state index contributed by atoms with van der Waals surface area (Å²) in [4.78, 5) is 0. The van der Waals surface area contributed by atoms with Gasteiger partial charge in [0, 0.05) is 19.0 Å². The first-order chi connectivity index (χ1) is 10.0. The lowest BCUT2D eigenvalue weighted by Gasteiger charge is -2.14. The summed E-state index contributed by atoms with van der Waals surface area (Å²) in [6.45, 7) is 1.78. The maximum absolute atomic E-state index is 11.4. The Balaban J connectivity index is 1.69. The largest absolute Gasteiger partial charge is 0.489 e. The van der Waals surface area contributed by atoms with Crippen LogP contribution in [-0.4, -0.2) is 39.2 Å². The van der Waals surface area contributed by atoms with E-state index >= 15 is 0 Å². The lowest BCUT2D eigenvalue weighted by molar-refractivity contribution is 0.297. The molecule has 0 amide bonds. The Hall–Kier alpha value is -0.980. The third kappa shape index (κ3) is 3.62. The van der Waals surface area contributed by atoms with Crippen LogP contribution in [0.5, 0.6) is 11.5 Å². The Bertz CT molecular complexity index is 632. The van der Waals surface area contributed by atoms with Crippen molar-refractivity contribution in [1.82, 2.24) is 5.32 Å². The molecule has 5 nitrogen and oxygen atoms in total. The van der Waals surface area contributed by atoms with E-state index in [1.54, 1.807) is 0 Å². The number of nitrogens with one attached hydrogen (secondary N) is 1. The predicted octanol–water partition coefficient (Wildman–Crippen LogP) is 1.78. The van der Waals surface area contributed by atoms with E-state index in [4.69, 9.17) is 21.1 Å². The SMILES string of the molecule is O=S1(=O)CC[C@@H](NCc2cc(Cl)c3c(c2)OCCCO3)C1. The summed E-state index contributed by atoms with van der Waals surface area (Å²) in [6.07, 6.45) is 1.50. The number of benzene rings is 1. The highest BCUT2D eigenvalue weighted by Crippen LogP contribution is 2.38. The van der Waals surface area contributed by atoms with Gasteiger partial charge in [0.1, 0.15) is 0 Å². The maximum Gasteiger partial charge on any atom is 0.179 e. The molecule has 1 aromatic rings. The Kier molecular flexibility index (Phi) is 4.28. The Morgan fingerprint density at radius 2 is 2.10 bits per heavy atom. The Labute approximate surface area is 129 Å². The van der Waals surface area contributed by atoms with Gasteiger partial charge in [0.05, 0.1) is 29.7 Å². The van der Waals surface area contributed by atoms with E-state index in [0.29, 0.717) is 42.7 Å². The molecule has 116 valence electrons. The van der Waals surface area contributed by atoms with Crippen molar-refractivity contribution in [2.75, 3.05) is 24.7 Å². The van der Waals surface area contributed by atoms with Crippen LogP contribution in [-0.2, 0) is 16.4 Å². The van der Waals surface area contributed by atoms with Crippen molar-refractivity contribution < 1.29 is 17.9 Å². The van der Waals surface area contributed by atoms with Gasteiger partial charge in [-0.15, -0.1) is 0 Å². The summed E-state index contributed by atoms with van der Waals surface area (Å²) in [6, 6.07) is 3.76. The van der Waals surface area contributed by atoms with Gasteiger partial charge in [0.15, 0.2) is 21.3 Å². The first kappa shape index (κ1) is 14.9. The molecular weight excluding hydrogens is 314 g/mol. The molecule has 0 saturated carbocycles. The van der Waals surface area contributed by atoms with E-state index in [0.717, 1.165) is 12.0 Å². The third-order valence-corrected chi connectivity index (χ3v) is 5.74. The molecule has 1 fully saturated rings. The molecule has 0 aliphatic carbocycles. The number of hydrogen-bond acceptors (Lipinski definition) is 5. The summed E-state index contributed by atoms with van der Waals surface area (Å²) >= 11 is 6.23. The number of rotatable bonds is 3. The van der Waals surface area contributed by atoms with E-state index in [1.807, 2.05) is 12.1 Å². The van der Waals surface area contributed by atoms with Crippen LogP contribution < -0.4 is 14.8 Å². The van der Waals surface area contributed by atoms with Crippen LogP contribution >= 0.6 is 11.6 Å². The first-order valence-electron chi connectivity index (χ1n) is 7.05. The zero-order valence-corrected chi connectivity index (χ0v) is 13.2. The fourth-order valence-electron chi connectivity index (χ4n) is 2.60. The van der Waals surface area contributed by atoms with Crippen LogP contribution in [0, 0.1) is 0 Å². The molecule has 1 N–H and O–H groups in total. The Morgan fingerprint density at radius 1 is 1.29 bits per heavy atom. The molecule has 1 atom stereocenters. The second kappa shape index (κ2) is 6.02. The standard InChI is InChI=1S/C14H18ClNO4S/c15-12-6-10(7-13-14(12)20-4-1-3-19-13)8-16-11-2-5-21(17,18)9-11/h6-7,11,16H,1-5,8-9H2/t11-/m1/s1. The number of sulfone groups is 1. The lowest BCUT2D eigenvalue weighted by atomic mass is 10.1. The van der Waals surface area contributed by atoms with Crippen LogP contribution in [0.3, 0.4) is 0 Å². The topological polar surface area (TPSA) is 64.6 Å². The summed E-state index contributed by atoms with van der Waals surface area (Å²) < 4.78 is 34.1. The lowest BCUT2D eigenvalue weighted by Crippen LogP contribution is -2.29. The summed E-state index contributed by atoms with van der Waals surface area (Å²) in [5.74, 6) is 1.75. The minimum absolute atomic E-state index is 0.0183. The molecule has 3 rings (SSSR count). The summed E-state index contributed by atoms with van der Waals surface area (Å²) in [5.41, 5.74) is 0.966. The van der Waals surface area contributed by atoms with E-state index < -0.39 is 9.84 Å². The van der Waals surface area contributed by atoms with Crippen molar-refractivity contribution in [3.63, 3.8) is 0 Å². The van der Waals surface area contributed by atoms with Crippen molar-refractivity contribution in [1.29, 1.82) is 0 Å². The summed E-state index contributed by atoms with van der Waals surface area (Å²) in [7, 11) is -2.86. The molecule has 7 heteroatoms. The van der Waals surface area contributed by atoms with Crippen molar-refractivity contribution in [2.45, 2.75) is 25.4 Å². The van der Waals surface area contributed by atoms with Gasteiger partial charge in [0.2, 0.25) is 0 Å². The van der Waals surface area contributed by atoms with Crippen molar-refractivity contribution >= 4 is 21.4 Å². The van der Waals surface area contributed by atoms with Gasteiger partial charge in [-0.25, -0.2) is 8.42 Å². The molecule has 0 aromatic heterocycles. The fourth-order valence-corrected chi connectivity index (χ4v) is 4.60. The molecule has 0 bridgehead atoms. The van der Waals surface area contributed by atoms with E-state index in [9.17, 15) is 8.42 Å². The van der Waals surface area contributed by atoms with Gasteiger partial charge >= 0.3 is 0 Å². The van der Waals surface area contributed by atoms with Gasteiger partial charge in [-0.1, -0.05) is 11.6 Å². The molecule has 1 aromatic carbocycles. The van der Waals surface area contributed by atoms with Crippen molar-refractivity contribution in [3.8, 4) is 11.5 Å². The minimum atomic E-state index is -2.86. The number of fused-ring (bicyclic) bond motifs is 1. The molecule has 2 aliphatic heterocycles. The smallest absolute Gasteiger partial charge is 0.179 e. The maximum atomic E-state index is 11.4. The van der Waals surface area contributed by atoms with E-state index in [-0.39, 0.29) is 17.5 Å². The van der Waals surface area contributed by atoms with Crippen LogP contribution in [0.1, 0.15) is 18.4 Å². The second-order valence-corrected chi connectivity index (χ2v) is 8.07. The fraction of sp³-hybridized carbons (Fsp3) is 0.571. The van der Waals surface area contributed by atoms with Crippen LogP contribution in [0.2, 0.25) is 5.02 Å². The van der Waals surface area contributed by atoms with E-state index in [2.05, 4.69) is 5.32 Å². The van der Waals surface area contributed by atoms with Gasteiger partial charge in [-0.05, 0) is 24.1 Å². The quantitative estimate of drug-likeness (QED) is 0.914. The zero-order valence-electron chi connectivity index (χ0n) is 11.6. The summed E-state index contributed by atoms with van der Waals surface area (Å²) in [5, 5.41) is 3.80. The average Bonchev–Trinajstić information content (AvgIpc) is 2.63. The third-order valence-electron chi connectivity index (χ3n) is 3.69. The number of halogens is 1. The highest BCUT2D eigenvalue weighted by atomic mass is 35.5. The molecule has 0 spiro atoms. The second-order valence-electron chi connectivity index (χ2n) is 5.44. The van der Waals surface area contributed by atoms with Crippen LogP contribution in [0.15, 0.2) is 12.1 Å². The molecule has 0 radical (unpaired) electrons. The molecule has 0 unspecified atom stereocenters. The molecular formula is C14H18ClNO4S. The normalized spacial score (nSPS) is 23.8. The zero-order chi connectivity index (χ0) is 14.9. The van der Waals surface area contributed by atoms with Gasteiger partial charge < -0.3 is 14.8 Å². The average molecular weight is 332 g/mol. The van der Waals surface area contributed by atoms with Gasteiger partial charge in [-0.3, -0.25) is 0 Å². The predicted molar refractivity (Wildman–Crippen MR) is 81.0 cm³/mol. The van der Waals surface area contributed by atoms with Gasteiger partial charge in [0.25, 0.3) is 0 Å². The monoisotopic (exact) mass is 331 g/mol. The Morgan fingerprint density at radius 3 is 2.86 bits per heavy atom. The van der Waals surface area contributed by atoms with Crippen molar-refractivity contribution in [2.24, 2.45) is 0 Å². The molecule has 2 heterocycles. The minimum Gasteiger partial charge on any atom is -0.489 e. The van der Waals surface area contributed by atoms with Gasteiger partial charge in [-0.2, -0.15) is 0 Å². The highest BCUT2D eigenvalue weighted by Gasteiger charge is 2.27. The molecule has 2 aliphatic rings. The van der Waals surface area contributed by atoms with Crippen molar-refractivity contribution in [3.05, 3.63) is 22.7 Å². The first-order valence-corrected chi connectivity index (χ1v) is 9.25. The van der Waals surface area contributed by atoms with Crippen LogP contribution in [0.4, 0.5) is 0 Å². The van der Waals surface area contributed by atoms with E-state index in [1.165, 1.54) is 0 Å². The molecule has 21 heavy (non-hydrogen) atoms. The number of ether oxygens (including phenoxy) is 2. The number of hydrogen-bond donors (Lipinski definition) is 1. The molecule has 1 saturated heterocycles.